The second kappa shape index (κ2) is 4.72. The van der Waals surface area contributed by atoms with E-state index in [0.29, 0.717) is 12.1 Å². The molecule has 0 radical (unpaired) electrons. The van der Waals surface area contributed by atoms with Gasteiger partial charge in [0, 0.05) is 7.05 Å². The van der Waals surface area contributed by atoms with Gasteiger partial charge in [-0.25, -0.2) is 4.98 Å². The number of aromatic nitrogens is 2. The summed E-state index contributed by atoms with van der Waals surface area (Å²) in [4.78, 5) is 27.0. The van der Waals surface area contributed by atoms with Crippen LogP contribution < -0.4 is 0 Å². The third-order valence-corrected chi connectivity index (χ3v) is 2.28. The molecular weight excluding hydrogens is 196 g/mol. The van der Waals surface area contributed by atoms with Crippen molar-refractivity contribution in [2.75, 3.05) is 7.11 Å². The fraction of sp³-hybridized carbons (Fsp3) is 0.500. The van der Waals surface area contributed by atoms with Crippen molar-refractivity contribution >= 4 is 11.8 Å². The number of nitrogens with zero attached hydrogens (tertiary/aromatic N) is 2. The molecule has 0 bridgehead atoms. The van der Waals surface area contributed by atoms with E-state index in [-0.39, 0.29) is 5.78 Å². The number of imidazole rings is 1. The van der Waals surface area contributed by atoms with E-state index < -0.39 is 11.9 Å². The number of Topliss-reactive ketones (excluding diaryl/α,β-unsaturated/α-hetero) is 1. The van der Waals surface area contributed by atoms with Gasteiger partial charge in [0.2, 0.25) is 0 Å². The van der Waals surface area contributed by atoms with E-state index in [1.54, 1.807) is 18.5 Å². The van der Waals surface area contributed by atoms with E-state index >= 15 is 0 Å². The van der Waals surface area contributed by atoms with E-state index in [2.05, 4.69) is 9.72 Å². The van der Waals surface area contributed by atoms with Crippen molar-refractivity contribution in [3.63, 3.8) is 0 Å². The first-order valence-electron chi connectivity index (χ1n) is 4.70. The average molecular weight is 210 g/mol. The summed E-state index contributed by atoms with van der Waals surface area (Å²) < 4.78 is 6.16. The van der Waals surface area contributed by atoms with Crippen molar-refractivity contribution in [1.29, 1.82) is 0 Å². The molecule has 0 N–H and O–H groups in total. The van der Waals surface area contributed by atoms with Crippen LogP contribution in [0.15, 0.2) is 12.5 Å². The van der Waals surface area contributed by atoms with Gasteiger partial charge < -0.3 is 9.30 Å². The second-order valence-electron chi connectivity index (χ2n) is 3.24. The van der Waals surface area contributed by atoms with Crippen molar-refractivity contribution < 1.29 is 14.3 Å². The Morgan fingerprint density at radius 1 is 1.60 bits per heavy atom. The van der Waals surface area contributed by atoms with Gasteiger partial charge in [-0.15, -0.1) is 0 Å². The summed E-state index contributed by atoms with van der Waals surface area (Å²) in [6, 6.07) is 0. The van der Waals surface area contributed by atoms with Gasteiger partial charge in [0.25, 0.3) is 0 Å². The van der Waals surface area contributed by atoms with Crippen LogP contribution in [0.5, 0.6) is 0 Å². The lowest BCUT2D eigenvalue weighted by Gasteiger charge is -2.10. The Morgan fingerprint density at radius 3 is 2.67 bits per heavy atom. The highest BCUT2D eigenvalue weighted by Gasteiger charge is 2.28. The van der Waals surface area contributed by atoms with E-state index in [4.69, 9.17) is 0 Å². The Morgan fingerprint density at radius 2 is 2.27 bits per heavy atom. The molecule has 1 aromatic heterocycles. The largest absolute Gasteiger partial charge is 0.468 e. The van der Waals surface area contributed by atoms with Gasteiger partial charge in [-0.2, -0.15) is 0 Å². The Balaban J connectivity index is 2.92. The fourth-order valence-electron chi connectivity index (χ4n) is 1.37. The highest BCUT2D eigenvalue weighted by Crippen LogP contribution is 2.13. The third kappa shape index (κ3) is 2.23. The summed E-state index contributed by atoms with van der Waals surface area (Å²) in [6.45, 7) is 1.77. The molecule has 5 heteroatoms. The number of esters is 1. The van der Waals surface area contributed by atoms with Crippen LogP contribution in [0, 0.1) is 5.92 Å². The SMILES string of the molecule is CCC(C(=O)OC)C(=O)c1cncn1C. The minimum atomic E-state index is -0.731. The van der Waals surface area contributed by atoms with Gasteiger partial charge >= 0.3 is 5.97 Å². The normalized spacial score (nSPS) is 12.2. The van der Waals surface area contributed by atoms with E-state index in [1.807, 2.05) is 0 Å². The zero-order valence-corrected chi connectivity index (χ0v) is 9.06. The molecule has 0 spiro atoms. The Labute approximate surface area is 88.1 Å². The Kier molecular flexibility index (Phi) is 3.60. The Hall–Kier alpha value is -1.65. The van der Waals surface area contributed by atoms with Crippen molar-refractivity contribution in [1.82, 2.24) is 9.55 Å². The first-order valence-corrected chi connectivity index (χ1v) is 4.70. The van der Waals surface area contributed by atoms with Crippen molar-refractivity contribution in [2.24, 2.45) is 13.0 Å². The first-order chi connectivity index (χ1) is 7.11. The molecule has 82 valence electrons. The highest BCUT2D eigenvalue weighted by molar-refractivity contribution is 6.07. The van der Waals surface area contributed by atoms with Crippen LogP contribution >= 0.6 is 0 Å². The molecule has 1 unspecified atom stereocenters. The quantitative estimate of drug-likeness (QED) is 0.419. The number of hydrogen-bond donors (Lipinski definition) is 0. The third-order valence-electron chi connectivity index (χ3n) is 2.28. The molecule has 0 aliphatic heterocycles. The molecule has 1 atom stereocenters. The summed E-state index contributed by atoms with van der Waals surface area (Å²) in [5, 5.41) is 0. The fourth-order valence-corrected chi connectivity index (χ4v) is 1.37. The zero-order valence-electron chi connectivity index (χ0n) is 9.06. The van der Waals surface area contributed by atoms with Crippen LogP contribution in [0.25, 0.3) is 0 Å². The van der Waals surface area contributed by atoms with Crippen molar-refractivity contribution in [2.45, 2.75) is 13.3 Å². The van der Waals surface area contributed by atoms with Crippen LogP contribution in [0.4, 0.5) is 0 Å². The molecule has 0 fully saturated rings. The van der Waals surface area contributed by atoms with Gasteiger partial charge in [0.15, 0.2) is 5.78 Å². The van der Waals surface area contributed by atoms with Gasteiger partial charge in [0.05, 0.1) is 19.6 Å². The molecular formula is C10H14N2O3. The maximum atomic E-state index is 11.9. The first kappa shape index (κ1) is 11.4. The molecule has 15 heavy (non-hydrogen) atoms. The minimum Gasteiger partial charge on any atom is -0.468 e. The summed E-state index contributed by atoms with van der Waals surface area (Å²) in [5.41, 5.74) is 0.423. The molecule has 1 rings (SSSR count). The predicted octanol–water partition coefficient (Wildman–Crippen LogP) is 0.802. The number of ketones is 1. The van der Waals surface area contributed by atoms with Gasteiger partial charge in [-0.1, -0.05) is 6.92 Å². The summed E-state index contributed by atoms with van der Waals surface area (Å²) in [6.07, 6.45) is 3.40. The van der Waals surface area contributed by atoms with E-state index in [9.17, 15) is 9.59 Å². The maximum absolute atomic E-state index is 11.9. The summed E-state index contributed by atoms with van der Waals surface area (Å²) in [5.74, 6) is -1.47. The lowest BCUT2D eigenvalue weighted by Crippen LogP contribution is -2.26. The molecule has 0 aromatic carbocycles. The van der Waals surface area contributed by atoms with Gasteiger partial charge in [-0.05, 0) is 6.42 Å². The topological polar surface area (TPSA) is 61.2 Å². The number of carbonyl (C=O) groups excluding carboxylic acids is 2. The number of methoxy groups -OCH3 is 1. The monoisotopic (exact) mass is 210 g/mol. The maximum Gasteiger partial charge on any atom is 0.316 e. The molecule has 0 amide bonds. The highest BCUT2D eigenvalue weighted by atomic mass is 16.5. The van der Waals surface area contributed by atoms with Crippen LogP contribution in [0.3, 0.4) is 0 Å². The molecule has 1 aromatic rings. The van der Waals surface area contributed by atoms with Gasteiger partial charge in [0.1, 0.15) is 11.6 Å². The molecule has 0 aliphatic rings. The Bertz CT molecular complexity index is 370. The average Bonchev–Trinajstić information content (AvgIpc) is 2.65. The lowest BCUT2D eigenvalue weighted by atomic mass is 9.99. The molecule has 0 saturated carbocycles. The van der Waals surface area contributed by atoms with E-state index in [0.717, 1.165) is 0 Å². The molecule has 5 nitrogen and oxygen atoms in total. The summed E-state index contributed by atoms with van der Waals surface area (Å²) >= 11 is 0. The second-order valence-corrected chi connectivity index (χ2v) is 3.24. The molecule has 1 heterocycles. The lowest BCUT2D eigenvalue weighted by molar-refractivity contribution is -0.143. The number of carbonyl (C=O) groups is 2. The van der Waals surface area contributed by atoms with Crippen LogP contribution in [0.2, 0.25) is 0 Å². The van der Waals surface area contributed by atoms with Crippen LogP contribution in [-0.2, 0) is 16.6 Å². The van der Waals surface area contributed by atoms with Gasteiger partial charge in [-0.3, -0.25) is 9.59 Å². The summed E-state index contributed by atoms with van der Waals surface area (Å²) in [7, 11) is 2.99. The van der Waals surface area contributed by atoms with Crippen molar-refractivity contribution in [3.8, 4) is 0 Å². The minimum absolute atomic E-state index is 0.246. The molecule has 0 aliphatic carbocycles. The van der Waals surface area contributed by atoms with Crippen molar-refractivity contribution in [3.05, 3.63) is 18.2 Å². The number of ether oxygens (including phenoxy) is 1. The van der Waals surface area contributed by atoms with Crippen LogP contribution in [0.1, 0.15) is 23.8 Å². The smallest absolute Gasteiger partial charge is 0.316 e. The van der Waals surface area contributed by atoms with Crippen LogP contribution in [-0.4, -0.2) is 28.4 Å². The van der Waals surface area contributed by atoms with E-state index in [1.165, 1.54) is 19.6 Å². The standard InChI is InChI=1S/C10H14N2O3/c1-4-7(10(14)15-3)9(13)8-5-11-6-12(8)2/h5-7H,4H2,1-3H3. The zero-order chi connectivity index (χ0) is 11.4. The molecule has 0 saturated heterocycles. The number of rotatable bonds is 4. The predicted molar refractivity (Wildman–Crippen MR) is 53.3 cm³/mol. The number of hydrogen-bond acceptors (Lipinski definition) is 4. The number of aryl methyl sites for hydroxylation is 1.